The topological polar surface area (TPSA) is 85.4 Å². The van der Waals surface area contributed by atoms with Gasteiger partial charge in [0.2, 0.25) is 0 Å². The summed E-state index contributed by atoms with van der Waals surface area (Å²) in [6.45, 7) is 1.69. The number of nitrogens with two attached hydrogens (primary N) is 1. The van der Waals surface area contributed by atoms with Crippen LogP contribution in [0, 0.1) is 0 Å². The van der Waals surface area contributed by atoms with E-state index in [2.05, 4.69) is 15.3 Å². The van der Waals surface area contributed by atoms with Gasteiger partial charge in [-0.3, -0.25) is 9.48 Å². The number of rotatable bonds is 4. The van der Waals surface area contributed by atoms with E-state index >= 15 is 0 Å². The van der Waals surface area contributed by atoms with E-state index in [1.807, 2.05) is 19.4 Å². The molecule has 134 valence electrons. The fourth-order valence-corrected chi connectivity index (χ4v) is 3.24. The van der Waals surface area contributed by atoms with Gasteiger partial charge in [-0.05, 0) is 18.9 Å². The quantitative estimate of drug-likeness (QED) is 0.812. The van der Waals surface area contributed by atoms with Gasteiger partial charge in [-0.2, -0.15) is 5.10 Å². The molecule has 1 atom stereocenters. The zero-order valence-corrected chi connectivity index (χ0v) is 15.1. The molecule has 0 aliphatic carbocycles. The predicted molar refractivity (Wildman–Crippen MR) is 98.3 cm³/mol. The molecule has 2 aromatic rings. The number of hydrogen-bond acceptors (Lipinski definition) is 5. The minimum Gasteiger partial charge on any atom is -0.496 e. The van der Waals surface area contributed by atoms with Crippen LogP contribution < -0.4 is 20.7 Å². The molecule has 2 heterocycles. The monoisotopic (exact) mass is 363 g/mol. The van der Waals surface area contributed by atoms with E-state index in [4.69, 9.17) is 22.1 Å². The Kier molecular flexibility index (Phi) is 5.03. The van der Waals surface area contributed by atoms with Crippen molar-refractivity contribution in [3.8, 4) is 5.75 Å². The van der Waals surface area contributed by atoms with Gasteiger partial charge in [-0.25, -0.2) is 0 Å². The van der Waals surface area contributed by atoms with E-state index in [9.17, 15) is 4.79 Å². The first-order valence-electron chi connectivity index (χ1n) is 8.15. The van der Waals surface area contributed by atoms with Crippen LogP contribution in [0.2, 0.25) is 5.02 Å². The Bertz CT molecular complexity index is 776. The zero-order chi connectivity index (χ0) is 18.0. The van der Waals surface area contributed by atoms with Crippen molar-refractivity contribution in [1.82, 2.24) is 15.1 Å². The molecule has 0 bridgehead atoms. The number of ether oxygens (including phenoxy) is 1. The summed E-state index contributed by atoms with van der Waals surface area (Å²) in [5, 5.41) is 7.63. The van der Waals surface area contributed by atoms with Crippen molar-refractivity contribution in [2.24, 2.45) is 7.05 Å². The van der Waals surface area contributed by atoms with Crippen LogP contribution in [-0.2, 0) is 7.05 Å². The number of anilines is 2. The maximum atomic E-state index is 12.7. The second-order valence-corrected chi connectivity index (χ2v) is 6.61. The average molecular weight is 364 g/mol. The minimum atomic E-state index is -0.211. The summed E-state index contributed by atoms with van der Waals surface area (Å²) in [4.78, 5) is 14.9. The second-order valence-electron chi connectivity index (χ2n) is 6.20. The van der Waals surface area contributed by atoms with Crippen molar-refractivity contribution in [1.29, 1.82) is 0 Å². The summed E-state index contributed by atoms with van der Waals surface area (Å²) >= 11 is 6.06. The largest absolute Gasteiger partial charge is 0.496 e. The Hall–Kier alpha value is -2.41. The molecule has 1 aromatic heterocycles. The molecule has 0 radical (unpaired) electrons. The predicted octanol–water partition coefficient (Wildman–Crippen LogP) is 2.06. The first-order chi connectivity index (χ1) is 12.0. The minimum absolute atomic E-state index is 0.0440. The number of benzene rings is 1. The van der Waals surface area contributed by atoms with Crippen molar-refractivity contribution in [3.05, 3.63) is 35.1 Å². The van der Waals surface area contributed by atoms with Gasteiger partial charge >= 0.3 is 0 Å². The van der Waals surface area contributed by atoms with E-state index in [1.54, 1.807) is 16.8 Å². The Balaban J connectivity index is 1.71. The number of nitrogens with one attached hydrogen (secondary N) is 1. The molecule has 0 spiro atoms. The lowest BCUT2D eigenvalue weighted by Crippen LogP contribution is -2.47. The molecule has 1 unspecified atom stereocenters. The zero-order valence-electron chi connectivity index (χ0n) is 14.3. The molecule has 1 aliphatic rings. The van der Waals surface area contributed by atoms with Crippen LogP contribution in [0.5, 0.6) is 5.75 Å². The van der Waals surface area contributed by atoms with Crippen molar-refractivity contribution in [2.45, 2.75) is 18.9 Å². The van der Waals surface area contributed by atoms with Crippen LogP contribution in [0.25, 0.3) is 0 Å². The van der Waals surface area contributed by atoms with E-state index < -0.39 is 0 Å². The number of halogens is 1. The average Bonchev–Trinajstić information content (AvgIpc) is 3.03. The molecule has 7 nitrogen and oxygen atoms in total. The number of nitrogens with zero attached hydrogens (tertiary/aromatic N) is 3. The van der Waals surface area contributed by atoms with Crippen molar-refractivity contribution in [3.63, 3.8) is 0 Å². The number of carbonyl (C=O) groups is 1. The van der Waals surface area contributed by atoms with Gasteiger partial charge in [-0.15, -0.1) is 0 Å². The van der Waals surface area contributed by atoms with E-state index in [0.29, 0.717) is 22.0 Å². The molecule has 3 rings (SSSR count). The van der Waals surface area contributed by atoms with Gasteiger partial charge in [0.25, 0.3) is 5.91 Å². The maximum absolute atomic E-state index is 12.7. The van der Waals surface area contributed by atoms with Crippen LogP contribution in [0.1, 0.15) is 23.2 Å². The summed E-state index contributed by atoms with van der Waals surface area (Å²) in [5.41, 5.74) is 7.61. The molecular formula is C17H22ClN5O2. The molecular weight excluding hydrogens is 342 g/mol. The first kappa shape index (κ1) is 17.4. The van der Waals surface area contributed by atoms with Gasteiger partial charge in [-0.1, -0.05) is 11.6 Å². The molecule has 8 heteroatoms. The van der Waals surface area contributed by atoms with Crippen LogP contribution in [-0.4, -0.2) is 41.9 Å². The number of carbonyl (C=O) groups excluding carboxylic acids is 1. The highest BCUT2D eigenvalue weighted by atomic mass is 35.5. The van der Waals surface area contributed by atoms with Gasteiger partial charge in [0.15, 0.2) is 0 Å². The maximum Gasteiger partial charge on any atom is 0.255 e. The molecule has 1 amide bonds. The third kappa shape index (κ3) is 3.82. The second kappa shape index (κ2) is 7.23. The third-order valence-electron chi connectivity index (χ3n) is 4.38. The number of hydrogen-bond donors (Lipinski definition) is 2. The Morgan fingerprint density at radius 1 is 1.48 bits per heavy atom. The summed E-state index contributed by atoms with van der Waals surface area (Å²) in [6, 6.07) is 3.16. The smallest absolute Gasteiger partial charge is 0.255 e. The first-order valence-corrected chi connectivity index (χ1v) is 8.53. The van der Waals surface area contributed by atoms with Gasteiger partial charge in [0.05, 0.1) is 35.3 Å². The summed E-state index contributed by atoms with van der Waals surface area (Å²) < 4.78 is 7.04. The highest BCUT2D eigenvalue weighted by Gasteiger charge is 2.24. The van der Waals surface area contributed by atoms with Gasteiger partial charge in [0, 0.05) is 38.4 Å². The summed E-state index contributed by atoms with van der Waals surface area (Å²) in [5.74, 6) is 0.205. The summed E-state index contributed by atoms with van der Waals surface area (Å²) in [7, 11) is 3.40. The lowest BCUT2D eigenvalue weighted by molar-refractivity contribution is 0.0930. The fourth-order valence-electron chi connectivity index (χ4n) is 3.08. The van der Waals surface area contributed by atoms with Gasteiger partial charge in [0.1, 0.15) is 5.75 Å². The summed E-state index contributed by atoms with van der Waals surface area (Å²) in [6.07, 6.45) is 5.74. The highest BCUT2D eigenvalue weighted by molar-refractivity contribution is 6.33. The molecule has 3 N–H and O–H groups in total. The standard InChI is InChI=1S/C17H22ClN5O2/c1-22-10-12(8-20-22)23-5-3-4-11(9-23)21-17(24)13-6-14(18)15(19)7-16(13)25-2/h6-8,10-11H,3-5,9,19H2,1-2H3,(H,21,24). The molecule has 25 heavy (non-hydrogen) atoms. The number of methoxy groups -OCH3 is 1. The van der Waals surface area contributed by atoms with Crippen molar-refractivity contribution >= 4 is 28.9 Å². The van der Waals surface area contributed by atoms with Crippen molar-refractivity contribution in [2.75, 3.05) is 30.8 Å². The normalized spacial score (nSPS) is 17.4. The third-order valence-corrected chi connectivity index (χ3v) is 4.70. The number of nitrogen functional groups attached to an aromatic ring is 1. The molecule has 1 saturated heterocycles. The van der Waals surface area contributed by atoms with E-state index in [1.165, 1.54) is 7.11 Å². The number of piperidine rings is 1. The van der Waals surface area contributed by atoms with Crippen LogP contribution in [0.3, 0.4) is 0 Å². The molecule has 1 fully saturated rings. The lowest BCUT2D eigenvalue weighted by atomic mass is 10.0. The van der Waals surface area contributed by atoms with Crippen molar-refractivity contribution < 1.29 is 9.53 Å². The van der Waals surface area contributed by atoms with E-state index in [-0.39, 0.29) is 11.9 Å². The SMILES string of the molecule is COc1cc(N)c(Cl)cc1C(=O)NC1CCCN(c2cnn(C)c2)C1. The van der Waals surface area contributed by atoms with E-state index in [0.717, 1.165) is 31.6 Å². The number of aryl methyl sites for hydroxylation is 1. The fraction of sp³-hybridized carbons (Fsp3) is 0.412. The van der Waals surface area contributed by atoms with Crippen LogP contribution in [0.4, 0.5) is 11.4 Å². The molecule has 1 aromatic carbocycles. The number of amides is 1. The Morgan fingerprint density at radius 3 is 2.96 bits per heavy atom. The molecule has 0 saturated carbocycles. The van der Waals surface area contributed by atoms with Gasteiger partial charge < -0.3 is 20.7 Å². The Morgan fingerprint density at radius 2 is 2.28 bits per heavy atom. The lowest BCUT2D eigenvalue weighted by Gasteiger charge is -2.33. The Labute approximate surface area is 151 Å². The number of aromatic nitrogens is 2. The van der Waals surface area contributed by atoms with Crippen LogP contribution in [0.15, 0.2) is 24.5 Å². The molecule has 1 aliphatic heterocycles. The highest BCUT2D eigenvalue weighted by Crippen LogP contribution is 2.29. The van der Waals surface area contributed by atoms with Crippen LogP contribution >= 0.6 is 11.6 Å².